The maximum Gasteiger partial charge on any atom is 0.416 e. The van der Waals surface area contributed by atoms with Crippen LogP contribution in [0.3, 0.4) is 0 Å². The average molecular weight is 347 g/mol. The fourth-order valence-electron chi connectivity index (χ4n) is 2.83. The quantitative estimate of drug-likeness (QED) is 0.672. The van der Waals surface area contributed by atoms with Gasteiger partial charge in [0, 0.05) is 13.1 Å². The Morgan fingerprint density at radius 2 is 1.75 bits per heavy atom. The zero-order valence-corrected chi connectivity index (χ0v) is 13.9. The zero-order chi connectivity index (χ0) is 18.1. The van der Waals surface area contributed by atoms with Crippen molar-refractivity contribution in [2.75, 3.05) is 13.1 Å². The average Bonchev–Trinajstić information content (AvgIpc) is 2.44. The maximum atomic E-state index is 13.2. The van der Waals surface area contributed by atoms with Crippen LogP contribution in [0.2, 0.25) is 0 Å². The number of nitrogens with zero attached hydrogens (tertiary/aromatic N) is 1. The molecule has 24 heavy (non-hydrogen) atoms. The molecule has 0 N–H and O–H groups in total. The van der Waals surface area contributed by atoms with Gasteiger partial charge < -0.3 is 9.64 Å². The molecule has 0 saturated carbocycles. The summed E-state index contributed by atoms with van der Waals surface area (Å²) in [6, 6.07) is 2.78. The topological polar surface area (TPSA) is 29.5 Å². The van der Waals surface area contributed by atoms with Crippen LogP contribution in [0.5, 0.6) is 0 Å². The van der Waals surface area contributed by atoms with E-state index >= 15 is 0 Å². The van der Waals surface area contributed by atoms with Crippen LogP contribution in [-0.4, -0.2) is 29.7 Å². The second kappa shape index (κ2) is 6.61. The van der Waals surface area contributed by atoms with Crippen LogP contribution in [0.25, 0.3) is 0 Å². The van der Waals surface area contributed by atoms with Gasteiger partial charge >= 0.3 is 12.3 Å². The normalized spacial score (nSPS) is 17.0. The minimum Gasteiger partial charge on any atom is -0.444 e. The van der Waals surface area contributed by atoms with Crippen LogP contribution in [0.1, 0.15) is 50.7 Å². The Balaban J connectivity index is 2.09. The van der Waals surface area contributed by atoms with E-state index in [1.807, 2.05) is 0 Å². The maximum absolute atomic E-state index is 13.2. The molecule has 2 rings (SSSR count). The Labute approximate surface area is 138 Å². The number of amides is 1. The number of ether oxygens (including phenoxy) is 1. The minimum atomic E-state index is -4.60. The van der Waals surface area contributed by atoms with Crippen LogP contribution in [0, 0.1) is 5.82 Å². The van der Waals surface area contributed by atoms with Gasteiger partial charge in [-0.3, -0.25) is 0 Å². The van der Waals surface area contributed by atoms with E-state index in [1.54, 1.807) is 20.8 Å². The molecule has 0 aromatic heterocycles. The molecule has 1 aliphatic rings. The van der Waals surface area contributed by atoms with Crippen LogP contribution in [0.4, 0.5) is 22.4 Å². The van der Waals surface area contributed by atoms with Crippen LogP contribution >= 0.6 is 0 Å². The van der Waals surface area contributed by atoms with Gasteiger partial charge in [-0.25, -0.2) is 9.18 Å². The molecular formula is C17H21F4NO2. The first-order valence-corrected chi connectivity index (χ1v) is 7.82. The van der Waals surface area contributed by atoms with Crippen molar-refractivity contribution in [3.63, 3.8) is 0 Å². The second-order valence-corrected chi connectivity index (χ2v) is 6.97. The Morgan fingerprint density at radius 3 is 2.25 bits per heavy atom. The molecule has 1 heterocycles. The lowest BCUT2D eigenvalue weighted by molar-refractivity contribution is -0.138. The van der Waals surface area contributed by atoms with Crippen molar-refractivity contribution in [2.24, 2.45) is 0 Å². The summed E-state index contributed by atoms with van der Waals surface area (Å²) in [6.07, 6.45) is -4.29. The third-order valence-corrected chi connectivity index (χ3v) is 3.91. The molecular weight excluding hydrogens is 326 g/mol. The molecule has 0 spiro atoms. The standard InChI is InChI=1S/C17H21F4NO2/c1-16(2,3)24-15(23)22-8-6-11(7-9-22)13-5-4-12(18)10-14(13)17(19,20)21/h4-5,10-11H,6-9H2,1-3H3. The number of alkyl halides is 3. The number of benzene rings is 1. The first-order valence-electron chi connectivity index (χ1n) is 7.82. The third kappa shape index (κ3) is 4.61. The molecule has 1 aliphatic heterocycles. The summed E-state index contributed by atoms with van der Waals surface area (Å²) in [5.74, 6) is -1.27. The number of halogens is 4. The highest BCUT2D eigenvalue weighted by Crippen LogP contribution is 2.39. The molecule has 0 aliphatic carbocycles. The highest BCUT2D eigenvalue weighted by molar-refractivity contribution is 5.68. The molecule has 134 valence electrons. The van der Waals surface area contributed by atoms with E-state index in [2.05, 4.69) is 0 Å². The predicted octanol–water partition coefficient (Wildman–Crippen LogP) is 4.96. The first kappa shape index (κ1) is 18.5. The molecule has 1 saturated heterocycles. The van der Waals surface area contributed by atoms with E-state index in [0.717, 1.165) is 6.07 Å². The number of hydrogen-bond donors (Lipinski definition) is 0. The molecule has 0 radical (unpaired) electrons. The van der Waals surface area contributed by atoms with Crippen LogP contribution < -0.4 is 0 Å². The van der Waals surface area contributed by atoms with Gasteiger partial charge in [0.1, 0.15) is 11.4 Å². The summed E-state index contributed by atoms with van der Waals surface area (Å²) in [5.41, 5.74) is -1.46. The molecule has 3 nitrogen and oxygen atoms in total. The fraction of sp³-hybridized carbons (Fsp3) is 0.588. The molecule has 0 atom stereocenters. The fourth-order valence-corrected chi connectivity index (χ4v) is 2.83. The van der Waals surface area contributed by atoms with E-state index in [9.17, 15) is 22.4 Å². The number of carbonyl (C=O) groups is 1. The van der Waals surface area contributed by atoms with Crippen molar-refractivity contribution < 1.29 is 27.1 Å². The van der Waals surface area contributed by atoms with Gasteiger partial charge in [-0.1, -0.05) is 6.07 Å². The summed E-state index contributed by atoms with van der Waals surface area (Å²) >= 11 is 0. The Kier molecular flexibility index (Phi) is 5.11. The first-order chi connectivity index (χ1) is 11.0. The lowest BCUT2D eigenvalue weighted by Gasteiger charge is -2.34. The van der Waals surface area contributed by atoms with Gasteiger partial charge in [-0.15, -0.1) is 0 Å². The van der Waals surface area contributed by atoms with E-state index in [-0.39, 0.29) is 11.5 Å². The van der Waals surface area contributed by atoms with Crippen LogP contribution in [-0.2, 0) is 10.9 Å². The number of hydrogen-bond acceptors (Lipinski definition) is 2. The zero-order valence-electron chi connectivity index (χ0n) is 13.9. The van der Waals surface area contributed by atoms with Gasteiger partial charge in [-0.2, -0.15) is 13.2 Å². The third-order valence-electron chi connectivity index (χ3n) is 3.91. The number of piperidine rings is 1. The van der Waals surface area contributed by atoms with E-state index in [4.69, 9.17) is 4.74 Å². The molecule has 1 fully saturated rings. The van der Waals surface area contributed by atoms with E-state index < -0.39 is 29.3 Å². The van der Waals surface area contributed by atoms with E-state index in [0.29, 0.717) is 32.0 Å². The Morgan fingerprint density at radius 1 is 1.17 bits per heavy atom. The lowest BCUT2D eigenvalue weighted by Crippen LogP contribution is -2.41. The monoisotopic (exact) mass is 347 g/mol. The van der Waals surface area contributed by atoms with Crippen molar-refractivity contribution in [3.05, 3.63) is 35.1 Å². The summed E-state index contributed by atoms with van der Waals surface area (Å²) in [4.78, 5) is 13.5. The highest BCUT2D eigenvalue weighted by Gasteiger charge is 2.37. The van der Waals surface area contributed by atoms with Gasteiger partial charge in [0.2, 0.25) is 0 Å². The lowest BCUT2D eigenvalue weighted by atomic mass is 9.86. The SMILES string of the molecule is CC(C)(C)OC(=O)N1CCC(c2ccc(F)cc2C(F)(F)F)CC1. The molecule has 1 aromatic rings. The molecule has 0 bridgehead atoms. The highest BCUT2D eigenvalue weighted by atomic mass is 19.4. The van der Waals surface area contributed by atoms with Crippen molar-refractivity contribution in [3.8, 4) is 0 Å². The summed E-state index contributed by atoms with van der Waals surface area (Å²) in [6.45, 7) is 5.89. The summed E-state index contributed by atoms with van der Waals surface area (Å²) in [7, 11) is 0. The molecule has 1 amide bonds. The molecule has 0 unspecified atom stereocenters. The van der Waals surface area contributed by atoms with Crippen molar-refractivity contribution in [1.29, 1.82) is 0 Å². The van der Waals surface area contributed by atoms with Crippen molar-refractivity contribution >= 4 is 6.09 Å². The summed E-state index contributed by atoms with van der Waals surface area (Å²) in [5, 5.41) is 0. The largest absolute Gasteiger partial charge is 0.444 e. The van der Waals surface area contributed by atoms with E-state index in [1.165, 1.54) is 11.0 Å². The van der Waals surface area contributed by atoms with Crippen molar-refractivity contribution in [2.45, 2.75) is 51.3 Å². The van der Waals surface area contributed by atoms with Gasteiger partial charge in [0.25, 0.3) is 0 Å². The molecule has 7 heteroatoms. The van der Waals surface area contributed by atoms with Crippen molar-refractivity contribution in [1.82, 2.24) is 4.90 Å². The second-order valence-electron chi connectivity index (χ2n) is 6.97. The van der Waals surface area contributed by atoms with Crippen LogP contribution in [0.15, 0.2) is 18.2 Å². The number of rotatable bonds is 1. The Hall–Kier alpha value is -1.79. The Bertz CT molecular complexity index is 600. The van der Waals surface area contributed by atoms with Gasteiger partial charge in [0.05, 0.1) is 5.56 Å². The molecule has 1 aromatic carbocycles. The smallest absolute Gasteiger partial charge is 0.416 e. The summed E-state index contributed by atoms with van der Waals surface area (Å²) < 4.78 is 57.8. The van der Waals surface area contributed by atoms with Gasteiger partial charge in [-0.05, 0) is 57.2 Å². The minimum absolute atomic E-state index is 0.0905. The van der Waals surface area contributed by atoms with Gasteiger partial charge in [0.15, 0.2) is 0 Å². The number of carbonyl (C=O) groups excluding carboxylic acids is 1. The predicted molar refractivity (Wildman–Crippen MR) is 81.2 cm³/mol. The number of likely N-dealkylation sites (tertiary alicyclic amines) is 1.